The van der Waals surface area contributed by atoms with E-state index in [1.165, 1.54) is 0 Å². The Bertz CT molecular complexity index is 470. The normalized spacial score (nSPS) is 10.2. The lowest BCUT2D eigenvalue weighted by Gasteiger charge is -1.92. The lowest BCUT2D eigenvalue weighted by atomic mass is 10.3. The first-order valence-electron chi connectivity index (χ1n) is 3.54. The molecule has 0 aliphatic rings. The van der Waals surface area contributed by atoms with Gasteiger partial charge in [-0.25, -0.2) is 4.98 Å². The summed E-state index contributed by atoms with van der Waals surface area (Å²) in [6.07, 6.45) is 1.14. The lowest BCUT2D eigenvalue weighted by molar-refractivity contribution is -0.389. The molecule has 1 radical (unpaired) electrons. The molecular weight excluding hydrogens is 170 g/mol. The largest absolute Gasteiger partial charge is 0.382 e. The van der Waals surface area contributed by atoms with Gasteiger partial charge in [0.25, 0.3) is 0 Å². The van der Waals surface area contributed by atoms with E-state index in [1.807, 2.05) is 0 Å². The lowest BCUT2D eigenvalue weighted by Crippen LogP contribution is -1.93. The molecule has 1 aromatic carbocycles. The van der Waals surface area contributed by atoms with Crippen LogP contribution in [0.1, 0.15) is 0 Å². The number of aromatic nitrogens is 2. The highest BCUT2D eigenvalue weighted by Gasteiger charge is 2.08. The molecule has 13 heavy (non-hydrogen) atoms. The van der Waals surface area contributed by atoms with Gasteiger partial charge < -0.3 is 10.1 Å². The molecule has 0 aliphatic carbocycles. The van der Waals surface area contributed by atoms with E-state index >= 15 is 0 Å². The molecule has 0 amide bonds. The standard InChI is InChI=1S/C8H4N3O2/c12-11(13)8-5-9-6-3-1-2-4-7(6)10-8/h2-5H. The van der Waals surface area contributed by atoms with Crippen molar-refractivity contribution < 1.29 is 4.92 Å². The maximum atomic E-state index is 10.3. The summed E-state index contributed by atoms with van der Waals surface area (Å²) >= 11 is 0. The molecule has 0 saturated carbocycles. The van der Waals surface area contributed by atoms with Gasteiger partial charge in [0.2, 0.25) is 5.52 Å². The third-order valence-corrected chi connectivity index (χ3v) is 1.56. The summed E-state index contributed by atoms with van der Waals surface area (Å²) in [5.41, 5.74) is 1.11. The van der Waals surface area contributed by atoms with Gasteiger partial charge in [0, 0.05) is 0 Å². The van der Waals surface area contributed by atoms with E-state index < -0.39 is 4.92 Å². The fourth-order valence-electron chi connectivity index (χ4n) is 0.979. The Labute approximate surface area is 73.2 Å². The Morgan fingerprint density at radius 2 is 2.31 bits per heavy atom. The fourth-order valence-corrected chi connectivity index (χ4v) is 0.979. The number of hydrogen-bond acceptors (Lipinski definition) is 4. The molecule has 0 saturated heterocycles. The molecular formula is C8H4N3O2. The highest BCUT2D eigenvalue weighted by molar-refractivity contribution is 5.74. The predicted molar refractivity (Wildman–Crippen MR) is 45.0 cm³/mol. The summed E-state index contributed by atoms with van der Waals surface area (Å²) in [7, 11) is 0. The van der Waals surface area contributed by atoms with Crippen molar-refractivity contribution in [1.29, 1.82) is 0 Å². The van der Waals surface area contributed by atoms with E-state index in [2.05, 4.69) is 16.0 Å². The summed E-state index contributed by atoms with van der Waals surface area (Å²) < 4.78 is 0. The van der Waals surface area contributed by atoms with E-state index in [0.717, 1.165) is 6.20 Å². The quantitative estimate of drug-likeness (QED) is 0.483. The zero-order valence-corrected chi connectivity index (χ0v) is 6.47. The molecule has 5 nitrogen and oxygen atoms in total. The number of nitro groups is 1. The molecule has 0 unspecified atom stereocenters. The van der Waals surface area contributed by atoms with Gasteiger partial charge in [-0.1, -0.05) is 0 Å². The Morgan fingerprint density at radius 3 is 3.08 bits per heavy atom. The third kappa shape index (κ3) is 1.31. The van der Waals surface area contributed by atoms with Crippen molar-refractivity contribution in [1.82, 2.24) is 9.97 Å². The number of hydrogen-bond donors (Lipinski definition) is 0. The fraction of sp³-hybridized carbons (Fsp3) is 0. The van der Waals surface area contributed by atoms with Crippen LogP contribution < -0.4 is 0 Å². The molecule has 0 bridgehead atoms. The van der Waals surface area contributed by atoms with Gasteiger partial charge in [0.15, 0.2) is 0 Å². The first-order chi connectivity index (χ1) is 6.27. The molecule has 0 N–H and O–H groups in total. The summed E-state index contributed by atoms with van der Waals surface area (Å²) in [5, 5.41) is 10.3. The van der Waals surface area contributed by atoms with Crippen molar-refractivity contribution >= 4 is 16.9 Å². The van der Waals surface area contributed by atoms with E-state index in [4.69, 9.17) is 0 Å². The van der Waals surface area contributed by atoms with Gasteiger partial charge in [-0.2, -0.15) is 0 Å². The second kappa shape index (κ2) is 2.78. The summed E-state index contributed by atoms with van der Waals surface area (Å²) in [6, 6.07) is 7.72. The number of nitrogens with zero attached hydrogens (tertiary/aromatic N) is 3. The monoisotopic (exact) mass is 174 g/mol. The SMILES string of the molecule is O=[N+]([O-])c1cnc2c[c]ccc2n1. The molecule has 63 valence electrons. The number of fused-ring (bicyclic) bond motifs is 1. The second-order valence-corrected chi connectivity index (χ2v) is 2.40. The van der Waals surface area contributed by atoms with Crippen LogP contribution in [0, 0.1) is 16.2 Å². The molecule has 2 aromatic rings. The van der Waals surface area contributed by atoms with Crippen molar-refractivity contribution in [3.8, 4) is 0 Å². The Kier molecular flexibility index (Phi) is 1.63. The second-order valence-electron chi connectivity index (χ2n) is 2.40. The van der Waals surface area contributed by atoms with Crippen LogP contribution in [-0.4, -0.2) is 14.9 Å². The molecule has 0 fully saturated rings. The molecule has 0 spiro atoms. The molecule has 5 heteroatoms. The van der Waals surface area contributed by atoms with E-state index in [0.29, 0.717) is 11.0 Å². The van der Waals surface area contributed by atoms with Crippen LogP contribution in [0.15, 0.2) is 24.4 Å². The Balaban J connectivity index is 2.69. The minimum absolute atomic E-state index is 0.237. The smallest absolute Gasteiger partial charge is 0.358 e. The van der Waals surface area contributed by atoms with Crippen LogP contribution in [0.5, 0.6) is 0 Å². The van der Waals surface area contributed by atoms with Gasteiger partial charge >= 0.3 is 5.82 Å². The minimum atomic E-state index is -0.566. The van der Waals surface area contributed by atoms with Crippen LogP contribution in [0.4, 0.5) is 5.82 Å². The van der Waals surface area contributed by atoms with Crippen molar-refractivity contribution in [2.75, 3.05) is 0 Å². The van der Waals surface area contributed by atoms with E-state index in [-0.39, 0.29) is 5.82 Å². The van der Waals surface area contributed by atoms with Crippen molar-refractivity contribution in [3.63, 3.8) is 0 Å². The van der Waals surface area contributed by atoms with Crippen LogP contribution in [0.3, 0.4) is 0 Å². The van der Waals surface area contributed by atoms with Gasteiger partial charge in [0.05, 0.1) is 0 Å². The highest BCUT2D eigenvalue weighted by Crippen LogP contribution is 2.11. The Hall–Kier alpha value is -2.04. The first kappa shape index (κ1) is 7.60. The van der Waals surface area contributed by atoms with Crippen molar-refractivity contribution in [2.45, 2.75) is 0 Å². The van der Waals surface area contributed by atoms with Gasteiger partial charge in [-0.3, -0.25) is 0 Å². The summed E-state index contributed by atoms with van der Waals surface area (Å²) in [5.74, 6) is -0.237. The highest BCUT2D eigenvalue weighted by atomic mass is 16.6. The summed E-state index contributed by atoms with van der Waals surface area (Å²) in [4.78, 5) is 17.4. The molecule has 0 atom stereocenters. The van der Waals surface area contributed by atoms with E-state index in [1.54, 1.807) is 18.2 Å². The number of benzene rings is 1. The molecule has 0 aliphatic heterocycles. The number of rotatable bonds is 1. The van der Waals surface area contributed by atoms with E-state index in [9.17, 15) is 10.1 Å². The maximum Gasteiger partial charge on any atom is 0.382 e. The molecule has 1 heterocycles. The predicted octanol–water partition coefficient (Wildman–Crippen LogP) is 1.34. The van der Waals surface area contributed by atoms with Gasteiger partial charge in [-0.15, -0.1) is 0 Å². The third-order valence-electron chi connectivity index (χ3n) is 1.56. The maximum absolute atomic E-state index is 10.3. The molecule has 2 rings (SSSR count). The van der Waals surface area contributed by atoms with Gasteiger partial charge in [0.1, 0.15) is 11.7 Å². The van der Waals surface area contributed by atoms with Crippen LogP contribution >= 0.6 is 0 Å². The topological polar surface area (TPSA) is 68.9 Å². The van der Waals surface area contributed by atoms with Crippen LogP contribution in [-0.2, 0) is 0 Å². The zero-order valence-electron chi connectivity index (χ0n) is 6.47. The molecule has 1 aromatic heterocycles. The summed E-state index contributed by atoms with van der Waals surface area (Å²) in [6.45, 7) is 0. The van der Waals surface area contributed by atoms with Crippen molar-refractivity contribution in [3.05, 3.63) is 40.6 Å². The van der Waals surface area contributed by atoms with Crippen LogP contribution in [0.25, 0.3) is 11.0 Å². The zero-order chi connectivity index (χ0) is 9.26. The Morgan fingerprint density at radius 1 is 1.46 bits per heavy atom. The van der Waals surface area contributed by atoms with Crippen molar-refractivity contribution in [2.24, 2.45) is 0 Å². The average molecular weight is 174 g/mol. The van der Waals surface area contributed by atoms with Gasteiger partial charge in [-0.05, 0) is 34.2 Å². The minimum Gasteiger partial charge on any atom is -0.358 e. The van der Waals surface area contributed by atoms with Crippen LogP contribution in [0.2, 0.25) is 0 Å². The first-order valence-corrected chi connectivity index (χ1v) is 3.54. The average Bonchev–Trinajstić information content (AvgIpc) is 2.17.